The monoisotopic (exact) mass is 302 g/mol. The van der Waals surface area contributed by atoms with Crippen LogP contribution in [0.4, 0.5) is 10.1 Å². The molecule has 3 N–H and O–H groups in total. The van der Waals surface area contributed by atoms with E-state index in [0.29, 0.717) is 6.41 Å². The van der Waals surface area contributed by atoms with E-state index in [0.717, 1.165) is 5.56 Å². The molecular formula is C16H15FN2O3. The lowest BCUT2D eigenvalue weighted by molar-refractivity contribution is -0.105. The Hall–Kier alpha value is -2.89. The number of anilines is 1. The molecule has 0 heterocycles. The number of amides is 2. The standard InChI is InChI=1S/C16H15FN2O3/c1-10(11-5-7-12(17)8-6-11)19-16(22)13-3-2-4-14(15(13)21)18-9-20/h2-10,21H,1H3,(H,18,20)(H,19,22). The molecule has 1 unspecified atom stereocenters. The topological polar surface area (TPSA) is 78.4 Å². The van der Waals surface area contributed by atoms with Crippen molar-refractivity contribution >= 4 is 18.0 Å². The second-order valence-electron chi connectivity index (χ2n) is 4.71. The molecule has 0 aliphatic rings. The lowest BCUT2D eigenvalue weighted by atomic mass is 10.1. The summed E-state index contributed by atoms with van der Waals surface area (Å²) in [7, 11) is 0. The molecule has 6 heteroatoms. The first-order valence-corrected chi connectivity index (χ1v) is 6.61. The van der Waals surface area contributed by atoms with Crippen LogP contribution in [0.2, 0.25) is 0 Å². The maximum absolute atomic E-state index is 12.9. The number of benzene rings is 2. The van der Waals surface area contributed by atoms with Gasteiger partial charge in [0.15, 0.2) is 5.75 Å². The molecule has 114 valence electrons. The number of carbonyl (C=O) groups excluding carboxylic acids is 2. The molecule has 5 nitrogen and oxygen atoms in total. The first-order valence-electron chi connectivity index (χ1n) is 6.61. The van der Waals surface area contributed by atoms with Crippen molar-refractivity contribution in [2.75, 3.05) is 5.32 Å². The summed E-state index contributed by atoms with van der Waals surface area (Å²) in [5.41, 5.74) is 0.925. The van der Waals surface area contributed by atoms with E-state index in [9.17, 15) is 19.1 Å². The molecule has 22 heavy (non-hydrogen) atoms. The van der Waals surface area contributed by atoms with Crippen molar-refractivity contribution in [3.05, 3.63) is 59.4 Å². The number of carbonyl (C=O) groups is 2. The van der Waals surface area contributed by atoms with E-state index >= 15 is 0 Å². The van der Waals surface area contributed by atoms with Crippen LogP contribution >= 0.6 is 0 Å². The van der Waals surface area contributed by atoms with E-state index in [1.54, 1.807) is 25.1 Å². The molecule has 1 atom stereocenters. The van der Waals surface area contributed by atoms with Crippen LogP contribution < -0.4 is 10.6 Å². The zero-order valence-corrected chi connectivity index (χ0v) is 11.8. The van der Waals surface area contributed by atoms with Crippen molar-refractivity contribution in [3.63, 3.8) is 0 Å². The number of rotatable bonds is 5. The quantitative estimate of drug-likeness (QED) is 0.587. The summed E-state index contributed by atoms with van der Waals surface area (Å²) in [6.45, 7) is 1.75. The summed E-state index contributed by atoms with van der Waals surface area (Å²) in [5.74, 6) is -1.16. The summed E-state index contributed by atoms with van der Waals surface area (Å²) in [6.07, 6.45) is 0.415. The Bertz CT molecular complexity index is 686. The van der Waals surface area contributed by atoms with E-state index in [-0.39, 0.29) is 28.9 Å². The molecule has 0 saturated heterocycles. The predicted molar refractivity (Wildman–Crippen MR) is 80.1 cm³/mol. The van der Waals surface area contributed by atoms with E-state index in [1.807, 2.05) is 0 Å². The number of phenolic OH excluding ortho intramolecular Hbond substituents is 1. The van der Waals surface area contributed by atoms with Crippen molar-refractivity contribution in [2.24, 2.45) is 0 Å². The van der Waals surface area contributed by atoms with E-state index in [2.05, 4.69) is 10.6 Å². The van der Waals surface area contributed by atoms with Crippen LogP contribution in [0.5, 0.6) is 5.75 Å². The Labute approximate surface area is 126 Å². The largest absolute Gasteiger partial charge is 0.505 e. The lowest BCUT2D eigenvalue weighted by Crippen LogP contribution is -2.26. The molecule has 2 rings (SSSR count). The van der Waals surface area contributed by atoms with Gasteiger partial charge in [0.05, 0.1) is 17.3 Å². The second kappa shape index (κ2) is 6.71. The van der Waals surface area contributed by atoms with Crippen molar-refractivity contribution in [2.45, 2.75) is 13.0 Å². The third-order valence-electron chi connectivity index (χ3n) is 3.21. The van der Waals surface area contributed by atoms with Gasteiger partial charge in [-0.2, -0.15) is 0 Å². The number of para-hydroxylation sites is 1. The van der Waals surface area contributed by atoms with E-state index in [1.165, 1.54) is 24.3 Å². The van der Waals surface area contributed by atoms with Gasteiger partial charge in [-0.15, -0.1) is 0 Å². The van der Waals surface area contributed by atoms with Crippen molar-refractivity contribution < 1.29 is 19.1 Å². The van der Waals surface area contributed by atoms with Crippen LogP contribution in [-0.2, 0) is 4.79 Å². The minimum atomic E-state index is -0.496. The van der Waals surface area contributed by atoms with Gasteiger partial charge in [-0.1, -0.05) is 18.2 Å². The van der Waals surface area contributed by atoms with Gasteiger partial charge in [-0.05, 0) is 36.8 Å². The van der Waals surface area contributed by atoms with E-state index < -0.39 is 5.91 Å². The molecule has 0 saturated carbocycles. The first kappa shape index (κ1) is 15.5. The normalized spacial score (nSPS) is 11.5. The zero-order chi connectivity index (χ0) is 16.1. The van der Waals surface area contributed by atoms with Gasteiger partial charge in [0.1, 0.15) is 5.82 Å². The van der Waals surface area contributed by atoms with Crippen molar-refractivity contribution in [3.8, 4) is 5.75 Å². The smallest absolute Gasteiger partial charge is 0.255 e. The molecule has 0 radical (unpaired) electrons. The Morgan fingerprint density at radius 1 is 1.23 bits per heavy atom. The Kier molecular flexibility index (Phi) is 4.73. The fourth-order valence-corrected chi connectivity index (χ4v) is 2.02. The average Bonchev–Trinajstić information content (AvgIpc) is 2.50. The molecule has 0 aliphatic carbocycles. The molecule has 0 spiro atoms. The zero-order valence-electron chi connectivity index (χ0n) is 11.8. The summed E-state index contributed by atoms with van der Waals surface area (Å²) in [5, 5.41) is 15.0. The third-order valence-corrected chi connectivity index (χ3v) is 3.21. The Morgan fingerprint density at radius 2 is 1.91 bits per heavy atom. The number of halogens is 1. The van der Waals surface area contributed by atoms with Crippen molar-refractivity contribution in [1.82, 2.24) is 5.32 Å². The Balaban J connectivity index is 2.16. The third kappa shape index (κ3) is 3.41. The highest BCUT2D eigenvalue weighted by Gasteiger charge is 2.16. The fraction of sp³-hybridized carbons (Fsp3) is 0.125. The van der Waals surface area contributed by atoms with Crippen LogP contribution in [0, 0.1) is 5.82 Å². The maximum atomic E-state index is 12.9. The average molecular weight is 302 g/mol. The summed E-state index contributed by atoms with van der Waals surface area (Å²) >= 11 is 0. The highest BCUT2D eigenvalue weighted by molar-refractivity contribution is 5.99. The summed E-state index contributed by atoms with van der Waals surface area (Å²) in [6, 6.07) is 9.86. The molecule has 0 aliphatic heterocycles. The highest BCUT2D eigenvalue weighted by Crippen LogP contribution is 2.27. The molecule has 2 amide bonds. The van der Waals surface area contributed by atoms with Gasteiger partial charge in [0, 0.05) is 0 Å². The van der Waals surface area contributed by atoms with Gasteiger partial charge in [0.25, 0.3) is 5.91 Å². The van der Waals surface area contributed by atoms with Crippen molar-refractivity contribution in [1.29, 1.82) is 0 Å². The maximum Gasteiger partial charge on any atom is 0.255 e. The summed E-state index contributed by atoms with van der Waals surface area (Å²) < 4.78 is 12.9. The van der Waals surface area contributed by atoms with Crippen LogP contribution in [0.1, 0.15) is 28.9 Å². The van der Waals surface area contributed by atoms with Gasteiger partial charge < -0.3 is 15.7 Å². The first-order chi connectivity index (χ1) is 10.5. The molecular weight excluding hydrogens is 287 g/mol. The molecule has 0 bridgehead atoms. The molecule has 0 aromatic heterocycles. The number of aromatic hydroxyl groups is 1. The molecule has 0 fully saturated rings. The summed E-state index contributed by atoms with van der Waals surface area (Å²) in [4.78, 5) is 22.7. The lowest BCUT2D eigenvalue weighted by Gasteiger charge is -2.15. The molecule has 2 aromatic carbocycles. The predicted octanol–water partition coefficient (Wildman–Crippen LogP) is 2.59. The van der Waals surface area contributed by atoms with Gasteiger partial charge in [-0.3, -0.25) is 9.59 Å². The van der Waals surface area contributed by atoms with Crippen LogP contribution in [0.15, 0.2) is 42.5 Å². The molecule has 2 aromatic rings. The van der Waals surface area contributed by atoms with Crippen LogP contribution in [0.25, 0.3) is 0 Å². The number of hydrogen-bond acceptors (Lipinski definition) is 3. The van der Waals surface area contributed by atoms with Gasteiger partial charge in [0.2, 0.25) is 6.41 Å². The van der Waals surface area contributed by atoms with Gasteiger partial charge in [-0.25, -0.2) is 4.39 Å². The number of nitrogens with one attached hydrogen (secondary N) is 2. The van der Waals surface area contributed by atoms with Crippen LogP contribution in [-0.4, -0.2) is 17.4 Å². The Morgan fingerprint density at radius 3 is 2.55 bits per heavy atom. The minimum Gasteiger partial charge on any atom is -0.505 e. The number of phenols is 1. The van der Waals surface area contributed by atoms with Gasteiger partial charge >= 0.3 is 0 Å². The fourth-order valence-electron chi connectivity index (χ4n) is 2.02. The second-order valence-corrected chi connectivity index (χ2v) is 4.71. The van der Waals surface area contributed by atoms with E-state index in [4.69, 9.17) is 0 Å². The minimum absolute atomic E-state index is 0.0424. The number of hydrogen-bond donors (Lipinski definition) is 3. The van der Waals surface area contributed by atoms with Crippen LogP contribution in [0.3, 0.4) is 0 Å². The highest BCUT2D eigenvalue weighted by atomic mass is 19.1. The SMILES string of the molecule is CC(NC(=O)c1cccc(NC=O)c1O)c1ccc(F)cc1.